The van der Waals surface area contributed by atoms with Crippen LogP contribution in [-0.4, -0.2) is 49.1 Å². The molecule has 0 radical (unpaired) electrons. The number of hydrogen-bond donors (Lipinski definition) is 2. The summed E-state index contributed by atoms with van der Waals surface area (Å²) < 4.78 is 11.3. The molecule has 0 aliphatic carbocycles. The van der Waals surface area contributed by atoms with Crippen LogP contribution in [0.4, 0.5) is 5.69 Å². The van der Waals surface area contributed by atoms with Crippen molar-refractivity contribution in [1.29, 1.82) is 0 Å². The molecular formula is C17H25IN4O3. The lowest BCUT2D eigenvalue weighted by Gasteiger charge is -2.29. The molecule has 0 unspecified atom stereocenters. The Hall–Kier alpha value is -1.71. The SMILES string of the molecule is CC(=O)N1CCC(N=C(N)Nc2ccc3c(c2)OCCCO3)CC1.I. The molecule has 0 bridgehead atoms. The molecule has 1 aromatic carbocycles. The van der Waals surface area contributed by atoms with Crippen molar-refractivity contribution in [3.8, 4) is 11.5 Å². The zero-order chi connectivity index (χ0) is 16.9. The number of guanidine groups is 1. The zero-order valence-corrected chi connectivity index (χ0v) is 16.7. The molecule has 2 aliphatic heterocycles. The van der Waals surface area contributed by atoms with Gasteiger partial charge in [0, 0.05) is 38.2 Å². The third-order valence-corrected chi connectivity index (χ3v) is 4.25. The topological polar surface area (TPSA) is 89.2 Å². The second-order valence-electron chi connectivity index (χ2n) is 6.09. The fourth-order valence-electron chi connectivity index (χ4n) is 2.93. The standard InChI is InChI=1S/C17H24N4O3.HI/c1-12(22)21-7-5-13(6-8-21)19-17(18)20-14-3-4-15-16(11-14)24-10-2-9-23-15;/h3-4,11,13H,2,5-10H2,1H3,(H3,18,19,20);1H. The molecule has 0 spiro atoms. The second kappa shape index (κ2) is 9.12. The lowest BCUT2D eigenvalue weighted by atomic mass is 10.1. The first-order valence-electron chi connectivity index (χ1n) is 8.37. The van der Waals surface area contributed by atoms with Gasteiger partial charge in [-0.25, -0.2) is 4.99 Å². The molecule has 7 nitrogen and oxygen atoms in total. The maximum atomic E-state index is 11.3. The van der Waals surface area contributed by atoms with Crippen LogP contribution >= 0.6 is 24.0 Å². The molecule has 0 aromatic heterocycles. The molecule has 8 heteroatoms. The average molecular weight is 460 g/mol. The number of nitrogens with one attached hydrogen (secondary N) is 1. The van der Waals surface area contributed by atoms with Crippen molar-refractivity contribution in [2.24, 2.45) is 10.7 Å². The van der Waals surface area contributed by atoms with Crippen LogP contribution in [0.2, 0.25) is 0 Å². The number of amides is 1. The Morgan fingerprint density at radius 1 is 1.24 bits per heavy atom. The summed E-state index contributed by atoms with van der Waals surface area (Å²) in [5, 5.41) is 3.11. The summed E-state index contributed by atoms with van der Waals surface area (Å²) in [7, 11) is 0. The number of fused-ring (bicyclic) bond motifs is 1. The average Bonchev–Trinajstić information content (AvgIpc) is 2.80. The molecule has 1 amide bonds. The number of carbonyl (C=O) groups is 1. The van der Waals surface area contributed by atoms with Crippen molar-refractivity contribution in [2.45, 2.75) is 32.2 Å². The summed E-state index contributed by atoms with van der Waals surface area (Å²) in [5.74, 6) is 1.98. The molecule has 3 N–H and O–H groups in total. The van der Waals surface area contributed by atoms with E-state index in [1.54, 1.807) is 6.92 Å². The van der Waals surface area contributed by atoms with Crippen LogP contribution in [0.25, 0.3) is 0 Å². The minimum absolute atomic E-state index is 0. The van der Waals surface area contributed by atoms with Crippen molar-refractivity contribution in [2.75, 3.05) is 31.6 Å². The van der Waals surface area contributed by atoms with Gasteiger partial charge in [-0.15, -0.1) is 24.0 Å². The molecular weight excluding hydrogens is 435 g/mol. The highest BCUT2D eigenvalue weighted by Crippen LogP contribution is 2.32. The Labute approximate surface area is 165 Å². The van der Waals surface area contributed by atoms with Gasteiger partial charge in [0.05, 0.1) is 19.3 Å². The van der Waals surface area contributed by atoms with Gasteiger partial charge < -0.3 is 25.4 Å². The quantitative estimate of drug-likeness (QED) is 0.402. The number of piperidine rings is 1. The molecule has 2 aliphatic rings. The van der Waals surface area contributed by atoms with Crippen molar-refractivity contribution in [3.05, 3.63) is 18.2 Å². The van der Waals surface area contributed by atoms with Crippen LogP contribution in [0.15, 0.2) is 23.2 Å². The Morgan fingerprint density at radius 3 is 2.60 bits per heavy atom. The number of hydrogen-bond acceptors (Lipinski definition) is 4. The minimum atomic E-state index is 0. The van der Waals surface area contributed by atoms with E-state index in [2.05, 4.69) is 10.3 Å². The van der Waals surface area contributed by atoms with Crippen molar-refractivity contribution in [3.63, 3.8) is 0 Å². The minimum Gasteiger partial charge on any atom is -0.490 e. The molecule has 0 saturated carbocycles. The number of ether oxygens (including phenoxy) is 2. The Kier molecular flexibility index (Phi) is 7.15. The lowest BCUT2D eigenvalue weighted by Crippen LogP contribution is -2.39. The number of nitrogens with zero attached hydrogens (tertiary/aromatic N) is 2. The van der Waals surface area contributed by atoms with E-state index in [4.69, 9.17) is 15.2 Å². The highest BCUT2D eigenvalue weighted by atomic mass is 127. The third-order valence-electron chi connectivity index (χ3n) is 4.25. The largest absolute Gasteiger partial charge is 0.490 e. The highest BCUT2D eigenvalue weighted by Gasteiger charge is 2.20. The number of nitrogens with two attached hydrogens (primary N) is 1. The number of halogens is 1. The van der Waals surface area contributed by atoms with E-state index >= 15 is 0 Å². The first-order valence-corrected chi connectivity index (χ1v) is 8.37. The van der Waals surface area contributed by atoms with Gasteiger partial charge in [0.2, 0.25) is 5.91 Å². The number of anilines is 1. The molecule has 1 fully saturated rings. The predicted octanol–water partition coefficient (Wildman–Crippen LogP) is 2.20. The fourth-order valence-corrected chi connectivity index (χ4v) is 2.93. The third kappa shape index (κ3) is 5.38. The smallest absolute Gasteiger partial charge is 0.219 e. The fraction of sp³-hybridized carbons (Fsp3) is 0.529. The van der Waals surface area contributed by atoms with Gasteiger partial charge in [0.15, 0.2) is 17.5 Å². The van der Waals surface area contributed by atoms with Crippen LogP contribution < -0.4 is 20.5 Å². The maximum absolute atomic E-state index is 11.3. The van der Waals surface area contributed by atoms with Crippen molar-refractivity contribution < 1.29 is 14.3 Å². The predicted molar refractivity (Wildman–Crippen MR) is 108 cm³/mol. The van der Waals surface area contributed by atoms with Gasteiger partial charge in [-0.3, -0.25) is 4.79 Å². The van der Waals surface area contributed by atoms with E-state index in [0.717, 1.165) is 49.5 Å². The summed E-state index contributed by atoms with van der Waals surface area (Å²) in [6.45, 7) is 4.39. The van der Waals surface area contributed by atoms with Gasteiger partial charge in [0.1, 0.15) is 0 Å². The molecule has 0 atom stereocenters. The molecule has 1 saturated heterocycles. The van der Waals surface area contributed by atoms with Gasteiger partial charge >= 0.3 is 0 Å². The summed E-state index contributed by atoms with van der Waals surface area (Å²) in [5.41, 5.74) is 6.85. The molecule has 3 rings (SSSR count). The number of aliphatic imine (C=N–C) groups is 1. The molecule has 2 heterocycles. The number of likely N-dealkylation sites (tertiary alicyclic amines) is 1. The first kappa shape index (κ1) is 19.6. The summed E-state index contributed by atoms with van der Waals surface area (Å²) in [6.07, 6.45) is 2.55. The number of carbonyl (C=O) groups excluding carboxylic acids is 1. The zero-order valence-electron chi connectivity index (χ0n) is 14.4. The van der Waals surface area contributed by atoms with Crippen LogP contribution in [0.3, 0.4) is 0 Å². The van der Waals surface area contributed by atoms with E-state index < -0.39 is 0 Å². The van der Waals surface area contributed by atoms with Gasteiger partial charge in [-0.1, -0.05) is 0 Å². The van der Waals surface area contributed by atoms with Crippen molar-refractivity contribution in [1.82, 2.24) is 4.90 Å². The van der Waals surface area contributed by atoms with E-state index in [1.807, 2.05) is 23.1 Å². The van der Waals surface area contributed by atoms with E-state index in [0.29, 0.717) is 19.2 Å². The van der Waals surface area contributed by atoms with E-state index in [9.17, 15) is 4.79 Å². The number of benzene rings is 1. The molecule has 138 valence electrons. The van der Waals surface area contributed by atoms with Crippen LogP contribution in [0, 0.1) is 0 Å². The van der Waals surface area contributed by atoms with Crippen LogP contribution in [0.5, 0.6) is 11.5 Å². The van der Waals surface area contributed by atoms with E-state index in [-0.39, 0.29) is 35.9 Å². The summed E-state index contributed by atoms with van der Waals surface area (Å²) >= 11 is 0. The highest BCUT2D eigenvalue weighted by molar-refractivity contribution is 14.0. The van der Waals surface area contributed by atoms with Gasteiger partial charge in [-0.2, -0.15) is 0 Å². The van der Waals surface area contributed by atoms with Gasteiger partial charge in [-0.05, 0) is 25.0 Å². The second-order valence-corrected chi connectivity index (χ2v) is 6.09. The molecule has 25 heavy (non-hydrogen) atoms. The molecule has 1 aromatic rings. The monoisotopic (exact) mass is 460 g/mol. The summed E-state index contributed by atoms with van der Waals surface area (Å²) in [6, 6.07) is 5.80. The number of rotatable bonds is 2. The van der Waals surface area contributed by atoms with Gasteiger partial charge in [0.25, 0.3) is 0 Å². The Bertz CT molecular complexity index is 630. The summed E-state index contributed by atoms with van der Waals surface area (Å²) in [4.78, 5) is 17.7. The lowest BCUT2D eigenvalue weighted by molar-refractivity contribution is -0.129. The first-order chi connectivity index (χ1) is 11.6. The van der Waals surface area contributed by atoms with Crippen molar-refractivity contribution >= 4 is 41.5 Å². The Balaban J connectivity index is 0.00000225. The normalized spacial score (nSPS) is 18.1. The van der Waals surface area contributed by atoms with E-state index in [1.165, 1.54) is 0 Å². The van der Waals surface area contributed by atoms with Crippen LogP contribution in [-0.2, 0) is 4.79 Å². The Morgan fingerprint density at radius 2 is 1.92 bits per heavy atom. The maximum Gasteiger partial charge on any atom is 0.219 e. The van der Waals surface area contributed by atoms with Crippen LogP contribution in [0.1, 0.15) is 26.2 Å².